The summed E-state index contributed by atoms with van der Waals surface area (Å²) in [5.41, 5.74) is -1.12. The van der Waals surface area contributed by atoms with Gasteiger partial charge in [-0.1, -0.05) is 59.8 Å². The molecule has 26 heavy (non-hydrogen) atoms. The molecule has 0 aliphatic heterocycles. The summed E-state index contributed by atoms with van der Waals surface area (Å²) in [6.07, 6.45) is 8.10. The van der Waals surface area contributed by atoms with Crippen molar-refractivity contribution in [3.63, 3.8) is 0 Å². The van der Waals surface area contributed by atoms with E-state index >= 15 is 0 Å². The Morgan fingerprint density at radius 2 is 1.65 bits per heavy atom. The molecule has 5 nitrogen and oxygen atoms in total. The minimum Gasteiger partial charge on any atom is -0.465 e. The van der Waals surface area contributed by atoms with Crippen LogP contribution in [0.1, 0.15) is 72.6 Å². The Balaban J connectivity index is 2.27. The van der Waals surface area contributed by atoms with Crippen LogP contribution in [0.5, 0.6) is 0 Å². The third-order valence-electron chi connectivity index (χ3n) is 6.09. The van der Waals surface area contributed by atoms with Crippen LogP contribution in [0.2, 0.25) is 0 Å². The third kappa shape index (κ3) is 7.16. The highest BCUT2D eigenvalue weighted by Crippen LogP contribution is 2.56. The van der Waals surface area contributed by atoms with E-state index in [0.29, 0.717) is 0 Å². The number of ether oxygens (including phenoxy) is 1. The van der Waals surface area contributed by atoms with Crippen LogP contribution in [0.3, 0.4) is 0 Å². The minimum atomic E-state index is -1.15. The van der Waals surface area contributed by atoms with Crippen molar-refractivity contribution in [2.24, 2.45) is 28.6 Å². The van der Waals surface area contributed by atoms with Crippen LogP contribution >= 0.6 is 0 Å². The maximum Gasteiger partial charge on any atom is 0.309 e. The molecule has 0 amide bonds. The fourth-order valence-corrected chi connectivity index (χ4v) is 3.54. The maximum absolute atomic E-state index is 12.3. The fourth-order valence-electron chi connectivity index (χ4n) is 3.54. The van der Waals surface area contributed by atoms with Crippen LogP contribution in [0.15, 0.2) is 0 Å². The van der Waals surface area contributed by atoms with Crippen molar-refractivity contribution in [2.45, 2.75) is 72.6 Å². The molecular formula is C21H40O5. The van der Waals surface area contributed by atoms with Crippen molar-refractivity contribution in [2.75, 3.05) is 26.4 Å². The van der Waals surface area contributed by atoms with Gasteiger partial charge in [-0.15, -0.1) is 0 Å². The van der Waals surface area contributed by atoms with Gasteiger partial charge in [-0.25, -0.2) is 0 Å². The van der Waals surface area contributed by atoms with Gasteiger partial charge in [0.05, 0.1) is 31.2 Å². The largest absolute Gasteiger partial charge is 0.465 e. The molecule has 0 heterocycles. The summed E-state index contributed by atoms with van der Waals surface area (Å²) in [7, 11) is 0. The highest BCUT2D eigenvalue weighted by Gasteiger charge is 2.55. The Labute approximate surface area is 159 Å². The third-order valence-corrected chi connectivity index (χ3v) is 6.09. The van der Waals surface area contributed by atoms with E-state index in [0.717, 1.165) is 31.1 Å². The molecule has 0 spiro atoms. The Hall–Kier alpha value is -0.650. The molecule has 0 bridgehead atoms. The molecule has 1 rings (SSSR count). The number of carbonyl (C=O) groups excluding carboxylic acids is 1. The number of hydrogen-bond acceptors (Lipinski definition) is 5. The van der Waals surface area contributed by atoms with E-state index in [2.05, 4.69) is 27.7 Å². The first-order chi connectivity index (χ1) is 12.2. The summed E-state index contributed by atoms with van der Waals surface area (Å²) in [6, 6.07) is 0. The standard InChI is InChI=1S/C21H40O5/c1-16(2)7-5-8-17(3)9-6-10-20(4)11-18(20)19(25)26-15-21(12-22,13-23)14-24/h16-18,22-24H,5-15H2,1-4H3. The van der Waals surface area contributed by atoms with Gasteiger partial charge >= 0.3 is 5.97 Å². The molecule has 0 aromatic heterocycles. The second-order valence-corrected chi connectivity index (χ2v) is 9.31. The molecule has 1 aliphatic carbocycles. The predicted octanol–water partition coefficient (Wildman–Crippen LogP) is 3.15. The molecule has 0 aromatic carbocycles. The Morgan fingerprint density at radius 1 is 1.08 bits per heavy atom. The summed E-state index contributed by atoms with van der Waals surface area (Å²) in [5.74, 6) is 1.16. The first kappa shape index (κ1) is 23.4. The van der Waals surface area contributed by atoms with Crippen LogP contribution < -0.4 is 0 Å². The summed E-state index contributed by atoms with van der Waals surface area (Å²) in [6.45, 7) is 7.61. The molecule has 154 valence electrons. The molecule has 1 fully saturated rings. The van der Waals surface area contributed by atoms with Crippen LogP contribution in [-0.2, 0) is 9.53 Å². The molecule has 0 saturated heterocycles. The normalized spacial score (nSPS) is 23.9. The van der Waals surface area contributed by atoms with Gasteiger partial charge in [0.25, 0.3) is 0 Å². The first-order valence-electron chi connectivity index (χ1n) is 10.2. The van der Waals surface area contributed by atoms with E-state index in [1.807, 2.05) is 0 Å². The Morgan fingerprint density at radius 3 is 2.19 bits per heavy atom. The van der Waals surface area contributed by atoms with Gasteiger partial charge in [0.1, 0.15) is 6.61 Å². The summed E-state index contributed by atoms with van der Waals surface area (Å²) in [4.78, 5) is 12.3. The molecule has 0 radical (unpaired) electrons. The molecule has 5 heteroatoms. The Bertz CT molecular complexity index is 410. The number of aliphatic hydroxyl groups is 3. The van der Waals surface area contributed by atoms with Crippen LogP contribution in [0.25, 0.3) is 0 Å². The van der Waals surface area contributed by atoms with Crippen molar-refractivity contribution in [1.82, 2.24) is 0 Å². The van der Waals surface area contributed by atoms with Gasteiger partial charge in [0, 0.05) is 0 Å². The average molecular weight is 373 g/mol. The molecule has 1 saturated carbocycles. The van der Waals surface area contributed by atoms with E-state index in [1.54, 1.807) is 0 Å². The number of esters is 1. The lowest BCUT2D eigenvalue weighted by Gasteiger charge is -2.26. The molecule has 3 N–H and O–H groups in total. The monoisotopic (exact) mass is 372 g/mol. The zero-order valence-electron chi connectivity index (χ0n) is 17.2. The average Bonchev–Trinajstić information content (AvgIpc) is 3.28. The second kappa shape index (κ2) is 10.6. The molecule has 3 unspecified atom stereocenters. The number of aliphatic hydroxyl groups excluding tert-OH is 3. The maximum atomic E-state index is 12.3. The summed E-state index contributed by atoms with van der Waals surface area (Å²) >= 11 is 0. The summed E-state index contributed by atoms with van der Waals surface area (Å²) in [5, 5.41) is 27.9. The van der Waals surface area contributed by atoms with Gasteiger partial charge in [-0.3, -0.25) is 4.79 Å². The number of rotatable bonds is 14. The molecule has 0 aromatic rings. The summed E-state index contributed by atoms with van der Waals surface area (Å²) < 4.78 is 5.28. The Kier molecular flexibility index (Phi) is 9.56. The first-order valence-corrected chi connectivity index (χ1v) is 10.2. The van der Waals surface area contributed by atoms with E-state index in [-0.39, 0.29) is 23.9 Å². The topological polar surface area (TPSA) is 87.0 Å². The van der Waals surface area contributed by atoms with Crippen molar-refractivity contribution in [3.05, 3.63) is 0 Å². The zero-order chi connectivity index (χ0) is 19.8. The molecule has 1 aliphatic rings. The fraction of sp³-hybridized carbons (Fsp3) is 0.952. The van der Waals surface area contributed by atoms with Gasteiger partial charge in [-0.05, 0) is 30.1 Å². The van der Waals surface area contributed by atoms with Crippen molar-refractivity contribution < 1.29 is 24.9 Å². The van der Waals surface area contributed by atoms with Gasteiger partial charge in [0.2, 0.25) is 0 Å². The lowest BCUT2D eigenvalue weighted by molar-refractivity contribution is -0.153. The van der Waals surface area contributed by atoms with E-state index < -0.39 is 25.2 Å². The lowest BCUT2D eigenvalue weighted by Crippen LogP contribution is -2.39. The zero-order valence-corrected chi connectivity index (χ0v) is 17.2. The number of carbonyl (C=O) groups is 1. The van der Waals surface area contributed by atoms with Gasteiger partial charge in [0.15, 0.2) is 0 Å². The highest BCUT2D eigenvalue weighted by molar-refractivity contribution is 5.76. The van der Waals surface area contributed by atoms with Gasteiger partial charge < -0.3 is 20.1 Å². The van der Waals surface area contributed by atoms with Gasteiger partial charge in [-0.2, -0.15) is 0 Å². The molecular weight excluding hydrogens is 332 g/mol. The SMILES string of the molecule is CC(C)CCCC(C)CCCC1(C)CC1C(=O)OCC(CO)(CO)CO. The lowest BCUT2D eigenvalue weighted by atomic mass is 9.91. The minimum absolute atomic E-state index is 0.0229. The van der Waals surface area contributed by atoms with Crippen molar-refractivity contribution >= 4 is 5.97 Å². The predicted molar refractivity (Wildman–Crippen MR) is 103 cm³/mol. The van der Waals surface area contributed by atoms with Crippen LogP contribution in [0.4, 0.5) is 0 Å². The van der Waals surface area contributed by atoms with Crippen molar-refractivity contribution in [3.8, 4) is 0 Å². The van der Waals surface area contributed by atoms with Crippen LogP contribution in [0, 0.1) is 28.6 Å². The van der Waals surface area contributed by atoms with E-state index in [1.165, 1.54) is 25.7 Å². The quantitative estimate of drug-likeness (QED) is 0.408. The van der Waals surface area contributed by atoms with Crippen LogP contribution in [-0.4, -0.2) is 47.7 Å². The number of hydrogen-bond donors (Lipinski definition) is 3. The van der Waals surface area contributed by atoms with Crippen molar-refractivity contribution in [1.29, 1.82) is 0 Å². The second-order valence-electron chi connectivity index (χ2n) is 9.31. The smallest absolute Gasteiger partial charge is 0.309 e. The molecule has 3 atom stereocenters. The van der Waals surface area contributed by atoms with E-state index in [4.69, 9.17) is 4.74 Å². The van der Waals surface area contributed by atoms with E-state index in [9.17, 15) is 20.1 Å². The highest BCUT2D eigenvalue weighted by atomic mass is 16.5.